The fourth-order valence-electron chi connectivity index (χ4n) is 2.54. The average Bonchev–Trinajstić information content (AvgIpc) is 2.62. The number of benzene rings is 2. The van der Waals surface area contributed by atoms with E-state index in [0.29, 0.717) is 5.56 Å². The maximum atomic E-state index is 12.6. The van der Waals surface area contributed by atoms with Crippen LogP contribution in [-0.2, 0) is 33.3 Å². The Morgan fingerprint density at radius 2 is 1.56 bits per heavy atom. The summed E-state index contributed by atoms with van der Waals surface area (Å²) in [5.74, 6) is -1.06. The molecule has 0 aromatic heterocycles. The zero-order chi connectivity index (χ0) is 20.0. The number of esters is 1. The quantitative estimate of drug-likeness (QED) is 0.782. The van der Waals surface area contributed by atoms with Gasteiger partial charge in [0.25, 0.3) is 0 Å². The van der Waals surface area contributed by atoms with Crippen LogP contribution in [0.2, 0.25) is 0 Å². The van der Waals surface area contributed by atoms with Crippen LogP contribution < -0.4 is 5.32 Å². The van der Waals surface area contributed by atoms with Gasteiger partial charge in [-0.3, -0.25) is 4.79 Å². The molecule has 0 saturated heterocycles. The van der Waals surface area contributed by atoms with Crippen molar-refractivity contribution in [1.29, 1.82) is 0 Å². The van der Waals surface area contributed by atoms with Crippen molar-refractivity contribution in [2.24, 2.45) is 0 Å². The molecule has 1 N–H and O–H groups in total. The third kappa shape index (κ3) is 6.13. The third-order valence-electron chi connectivity index (χ3n) is 4.03. The number of carbonyl (C=O) groups excluding carboxylic acids is 2. The first-order valence-electron chi connectivity index (χ1n) is 8.28. The molecule has 1 atom stereocenters. The lowest BCUT2D eigenvalue weighted by atomic mass is 10.0. The van der Waals surface area contributed by atoms with Crippen LogP contribution >= 0.6 is 0 Å². The standard InChI is InChI=1S/C20H20F3NO3/c1-13-3-5-14(6-4-13)11-17(19(26)27-2)24-18(25)12-15-7-9-16(10-8-15)20(21,22)23/h3-10,17H,11-12H2,1-2H3,(H,24,25)/t17-/m0/s1. The molecule has 2 aromatic carbocycles. The summed E-state index contributed by atoms with van der Waals surface area (Å²) in [7, 11) is 1.23. The minimum atomic E-state index is -4.43. The molecule has 0 spiro atoms. The largest absolute Gasteiger partial charge is 0.467 e. The molecule has 0 aliphatic rings. The van der Waals surface area contributed by atoms with Crippen molar-refractivity contribution in [3.8, 4) is 0 Å². The second-order valence-corrected chi connectivity index (χ2v) is 6.20. The highest BCUT2D eigenvalue weighted by atomic mass is 19.4. The minimum absolute atomic E-state index is 0.139. The zero-order valence-electron chi connectivity index (χ0n) is 15.0. The Kier molecular flexibility index (Phi) is 6.60. The number of rotatable bonds is 6. The van der Waals surface area contributed by atoms with Crippen molar-refractivity contribution < 1.29 is 27.5 Å². The topological polar surface area (TPSA) is 55.4 Å². The molecule has 0 radical (unpaired) electrons. The van der Waals surface area contributed by atoms with Crippen molar-refractivity contribution in [3.63, 3.8) is 0 Å². The van der Waals surface area contributed by atoms with E-state index in [9.17, 15) is 22.8 Å². The van der Waals surface area contributed by atoms with Crippen molar-refractivity contribution in [3.05, 3.63) is 70.8 Å². The number of carbonyl (C=O) groups is 2. The lowest BCUT2D eigenvalue weighted by molar-refractivity contribution is -0.145. The van der Waals surface area contributed by atoms with Crippen molar-refractivity contribution in [2.75, 3.05) is 7.11 Å². The van der Waals surface area contributed by atoms with Crippen molar-refractivity contribution >= 4 is 11.9 Å². The third-order valence-corrected chi connectivity index (χ3v) is 4.03. The molecule has 0 heterocycles. The second kappa shape index (κ2) is 8.70. The summed E-state index contributed by atoms with van der Waals surface area (Å²) >= 11 is 0. The van der Waals surface area contributed by atoms with Crippen LogP contribution in [0.5, 0.6) is 0 Å². The first kappa shape index (κ1) is 20.5. The van der Waals surface area contributed by atoms with Gasteiger partial charge in [-0.05, 0) is 30.2 Å². The van der Waals surface area contributed by atoms with Gasteiger partial charge in [-0.15, -0.1) is 0 Å². The summed E-state index contributed by atoms with van der Waals surface area (Å²) in [5.41, 5.74) is 1.56. The van der Waals surface area contributed by atoms with Gasteiger partial charge in [0.2, 0.25) is 5.91 Å². The Morgan fingerprint density at radius 3 is 2.07 bits per heavy atom. The number of hydrogen-bond donors (Lipinski definition) is 1. The first-order chi connectivity index (χ1) is 12.7. The molecule has 0 saturated carbocycles. The summed E-state index contributed by atoms with van der Waals surface area (Å²) in [5, 5.41) is 2.59. The molecule has 0 aliphatic heterocycles. The van der Waals surface area contributed by atoms with Gasteiger partial charge in [0, 0.05) is 6.42 Å². The SMILES string of the molecule is COC(=O)[C@H](Cc1ccc(C)cc1)NC(=O)Cc1ccc(C(F)(F)F)cc1. The second-order valence-electron chi connectivity index (χ2n) is 6.20. The van der Waals surface area contributed by atoms with Gasteiger partial charge in [0.1, 0.15) is 6.04 Å². The fraction of sp³-hybridized carbons (Fsp3) is 0.300. The molecule has 0 aliphatic carbocycles. The smallest absolute Gasteiger partial charge is 0.416 e. The highest BCUT2D eigenvalue weighted by Gasteiger charge is 2.30. The van der Waals surface area contributed by atoms with Crippen LogP contribution in [0.4, 0.5) is 13.2 Å². The van der Waals surface area contributed by atoms with Crippen LogP contribution in [-0.4, -0.2) is 25.0 Å². The Morgan fingerprint density at radius 1 is 1.00 bits per heavy atom. The molecule has 1 amide bonds. The summed E-state index contributed by atoms with van der Waals surface area (Å²) in [6.07, 6.45) is -4.31. The number of amides is 1. The van der Waals surface area contributed by atoms with Crippen LogP contribution in [0.1, 0.15) is 22.3 Å². The molecule has 27 heavy (non-hydrogen) atoms. The average molecular weight is 379 g/mol. The summed E-state index contributed by atoms with van der Waals surface area (Å²) < 4.78 is 42.5. The number of ether oxygens (including phenoxy) is 1. The maximum absolute atomic E-state index is 12.6. The molecule has 2 rings (SSSR count). The number of aryl methyl sites for hydroxylation is 1. The van der Waals surface area contributed by atoms with Crippen LogP contribution in [0, 0.1) is 6.92 Å². The molecule has 0 unspecified atom stereocenters. The maximum Gasteiger partial charge on any atom is 0.416 e. The summed E-state index contributed by atoms with van der Waals surface area (Å²) in [6, 6.07) is 11.0. The Balaban J connectivity index is 2.02. The first-order valence-corrected chi connectivity index (χ1v) is 8.28. The van der Waals surface area contributed by atoms with Crippen molar-refractivity contribution in [2.45, 2.75) is 32.0 Å². The van der Waals surface area contributed by atoms with E-state index >= 15 is 0 Å². The summed E-state index contributed by atoms with van der Waals surface area (Å²) in [4.78, 5) is 24.2. The monoisotopic (exact) mass is 379 g/mol. The number of nitrogens with one attached hydrogen (secondary N) is 1. The van der Waals surface area contributed by atoms with Crippen LogP contribution in [0.3, 0.4) is 0 Å². The van der Waals surface area contributed by atoms with E-state index in [0.717, 1.165) is 23.3 Å². The molecule has 7 heteroatoms. The highest BCUT2D eigenvalue weighted by molar-refractivity contribution is 5.85. The van der Waals surface area contributed by atoms with E-state index in [-0.39, 0.29) is 12.8 Å². The van der Waals surface area contributed by atoms with E-state index in [1.807, 2.05) is 31.2 Å². The van der Waals surface area contributed by atoms with Gasteiger partial charge in [-0.25, -0.2) is 4.79 Å². The predicted molar refractivity (Wildman–Crippen MR) is 94.0 cm³/mol. The van der Waals surface area contributed by atoms with E-state index in [4.69, 9.17) is 4.74 Å². The Bertz CT molecular complexity index is 784. The molecular weight excluding hydrogens is 359 g/mol. The number of halogens is 3. The van der Waals surface area contributed by atoms with Crippen LogP contribution in [0.15, 0.2) is 48.5 Å². The molecule has 144 valence electrons. The van der Waals surface area contributed by atoms with E-state index in [1.54, 1.807) is 0 Å². The van der Waals surface area contributed by atoms with Gasteiger partial charge < -0.3 is 10.1 Å². The molecule has 0 bridgehead atoms. The van der Waals surface area contributed by atoms with E-state index in [2.05, 4.69) is 5.32 Å². The van der Waals surface area contributed by atoms with Gasteiger partial charge in [0.15, 0.2) is 0 Å². The van der Waals surface area contributed by atoms with E-state index in [1.165, 1.54) is 19.2 Å². The normalized spacial score (nSPS) is 12.3. The lowest BCUT2D eigenvalue weighted by Crippen LogP contribution is -2.43. The zero-order valence-corrected chi connectivity index (χ0v) is 15.0. The number of alkyl halides is 3. The Labute approximate surface area is 155 Å². The fourth-order valence-corrected chi connectivity index (χ4v) is 2.54. The lowest BCUT2D eigenvalue weighted by Gasteiger charge is -2.17. The minimum Gasteiger partial charge on any atom is -0.467 e. The molecule has 4 nitrogen and oxygen atoms in total. The number of hydrogen-bond acceptors (Lipinski definition) is 3. The summed E-state index contributed by atoms with van der Waals surface area (Å²) in [6.45, 7) is 1.94. The predicted octanol–water partition coefficient (Wildman–Crippen LogP) is 3.46. The van der Waals surface area contributed by atoms with Crippen LogP contribution in [0.25, 0.3) is 0 Å². The van der Waals surface area contributed by atoms with Gasteiger partial charge in [0.05, 0.1) is 19.1 Å². The Hall–Kier alpha value is -2.83. The van der Waals surface area contributed by atoms with Gasteiger partial charge in [-0.1, -0.05) is 42.0 Å². The molecular formula is C20H20F3NO3. The molecule has 0 fully saturated rings. The van der Waals surface area contributed by atoms with E-state index < -0.39 is 29.7 Å². The van der Waals surface area contributed by atoms with Gasteiger partial charge >= 0.3 is 12.1 Å². The highest BCUT2D eigenvalue weighted by Crippen LogP contribution is 2.29. The van der Waals surface area contributed by atoms with Gasteiger partial charge in [-0.2, -0.15) is 13.2 Å². The number of methoxy groups -OCH3 is 1. The van der Waals surface area contributed by atoms with Crippen molar-refractivity contribution in [1.82, 2.24) is 5.32 Å². The molecule has 2 aromatic rings.